The van der Waals surface area contributed by atoms with E-state index in [-0.39, 0.29) is 0 Å². The van der Waals surface area contributed by atoms with E-state index in [0.29, 0.717) is 11.6 Å². The van der Waals surface area contributed by atoms with Crippen LogP contribution in [-0.4, -0.2) is 42.2 Å². The van der Waals surface area contributed by atoms with Gasteiger partial charge in [-0.15, -0.1) is 0 Å². The molecule has 0 spiro atoms. The van der Waals surface area contributed by atoms with Crippen LogP contribution in [-0.2, 0) is 0 Å². The Morgan fingerprint density at radius 3 is 2.32 bits per heavy atom. The van der Waals surface area contributed by atoms with Crippen LogP contribution in [0.4, 0.5) is 0 Å². The van der Waals surface area contributed by atoms with Crippen LogP contribution in [0.5, 0.6) is 0 Å². The molecule has 19 heavy (non-hydrogen) atoms. The minimum atomic E-state index is 0.318. The average Bonchev–Trinajstić information content (AvgIpc) is 2.88. The molecular formula is C15H29N3S. The van der Waals surface area contributed by atoms with Crippen LogP contribution in [0.1, 0.15) is 57.8 Å². The highest BCUT2D eigenvalue weighted by Crippen LogP contribution is 2.33. The highest BCUT2D eigenvalue weighted by atomic mass is 32.1. The number of nitrogens with zero attached hydrogens (tertiary/aromatic N) is 1. The van der Waals surface area contributed by atoms with E-state index < -0.39 is 0 Å². The minimum Gasteiger partial charge on any atom is -0.361 e. The van der Waals surface area contributed by atoms with Crippen molar-refractivity contribution in [2.75, 3.05) is 20.6 Å². The summed E-state index contributed by atoms with van der Waals surface area (Å²) < 4.78 is 0. The van der Waals surface area contributed by atoms with E-state index in [0.717, 1.165) is 11.7 Å². The lowest BCUT2D eigenvalue weighted by atomic mass is 9.95. The molecule has 2 N–H and O–H groups in total. The predicted molar refractivity (Wildman–Crippen MR) is 85.5 cm³/mol. The molecule has 2 rings (SSSR count). The predicted octanol–water partition coefficient (Wildman–Crippen LogP) is 2.66. The van der Waals surface area contributed by atoms with E-state index in [4.69, 9.17) is 12.2 Å². The second-order valence-corrected chi connectivity index (χ2v) is 6.90. The second-order valence-electron chi connectivity index (χ2n) is 6.49. The molecule has 2 saturated carbocycles. The number of nitrogens with one attached hydrogen (secondary N) is 2. The zero-order valence-corrected chi connectivity index (χ0v) is 13.3. The van der Waals surface area contributed by atoms with Crippen molar-refractivity contribution in [2.45, 2.75) is 69.4 Å². The van der Waals surface area contributed by atoms with Gasteiger partial charge in [0.25, 0.3) is 0 Å². The Morgan fingerprint density at radius 1 is 1.11 bits per heavy atom. The molecule has 0 heterocycles. The first-order valence-corrected chi connectivity index (χ1v) is 8.25. The lowest BCUT2D eigenvalue weighted by Crippen LogP contribution is -2.53. The third kappa shape index (κ3) is 4.06. The summed E-state index contributed by atoms with van der Waals surface area (Å²) in [6.07, 6.45) is 11.9. The van der Waals surface area contributed by atoms with Gasteiger partial charge in [-0.05, 0) is 52.0 Å². The van der Waals surface area contributed by atoms with Crippen molar-refractivity contribution >= 4 is 17.3 Å². The summed E-state index contributed by atoms with van der Waals surface area (Å²) in [5.74, 6) is 0. The van der Waals surface area contributed by atoms with Crippen LogP contribution in [0.2, 0.25) is 0 Å². The maximum absolute atomic E-state index is 5.46. The molecule has 0 aliphatic heterocycles. The Labute approximate surface area is 123 Å². The fourth-order valence-electron chi connectivity index (χ4n) is 3.54. The van der Waals surface area contributed by atoms with Gasteiger partial charge in [0, 0.05) is 18.1 Å². The molecule has 0 amide bonds. The number of rotatable bonds is 4. The summed E-state index contributed by atoms with van der Waals surface area (Å²) in [6, 6.07) is 0.604. The van der Waals surface area contributed by atoms with Crippen LogP contribution in [0.25, 0.3) is 0 Å². The summed E-state index contributed by atoms with van der Waals surface area (Å²) >= 11 is 5.46. The first-order valence-electron chi connectivity index (χ1n) is 7.84. The van der Waals surface area contributed by atoms with E-state index >= 15 is 0 Å². The molecule has 0 saturated heterocycles. The van der Waals surface area contributed by atoms with Crippen molar-refractivity contribution in [1.29, 1.82) is 0 Å². The third-order valence-corrected chi connectivity index (χ3v) is 5.26. The van der Waals surface area contributed by atoms with E-state index in [1.54, 1.807) is 0 Å². The summed E-state index contributed by atoms with van der Waals surface area (Å²) in [4.78, 5) is 2.39. The Kier molecular flexibility index (Phi) is 5.46. The van der Waals surface area contributed by atoms with Gasteiger partial charge in [0.2, 0.25) is 0 Å². The molecular weight excluding hydrogens is 254 g/mol. The quantitative estimate of drug-likeness (QED) is 0.776. The van der Waals surface area contributed by atoms with Gasteiger partial charge in [-0.3, -0.25) is 0 Å². The Hall–Kier alpha value is -0.350. The van der Waals surface area contributed by atoms with Gasteiger partial charge in [-0.25, -0.2) is 0 Å². The van der Waals surface area contributed by atoms with Crippen molar-refractivity contribution in [2.24, 2.45) is 0 Å². The van der Waals surface area contributed by atoms with E-state index in [2.05, 4.69) is 29.6 Å². The lowest BCUT2D eigenvalue weighted by molar-refractivity contribution is 0.160. The molecule has 0 aromatic heterocycles. The van der Waals surface area contributed by atoms with Crippen molar-refractivity contribution < 1.29 is 0 Å². The highest BCUT2D eigenvalue weighted by Gasteiger charge is 2.35. The van der Waals surface area contributed by atoms with Gasteiger partial charge in [-0.2, -0.15) is 0 Å². The van der Waals surface area contributed by atoms with E-state index in [1.165, 1.54) is 57.8 Å². The first-order chi connectivity index (χ1) is 9.12. The van der Waals surface area contributed by atoms with Crippen molar-refractivity contribution in [3.63, 3.8) is 0 Å². The number of likely N-dealkylation sites (N-methyl/N-ethyl adjacent to an activating group) is 1. The molecule has 2 aliphatic carbocycles. The second kappa shape index (κ2) is 6.89. The molecule has 2 fully saturated rings. The van der Waals surface area contributed by atoms with Crippen LogP contribution < -0.4 is 10.6 Å². The van der Waals surface area contributed by atoms with Gasteiger partial charge < -0.3 is 15.5 Å². The molecule has 0 radical (unpaired) electrons. The van der Waals surface area contributed by atoms with Gasteiger partial charge in [0.1, 0.15) is 0 Å². The van der Waals surface area contributed by atoms with Gasteiger partial charge in [-0.1, -0.05) is 32.1 Å². The molecule has 2 aliphatic rings. The Morgan fingerprint density at radius 2 is 1.74 bits per heavy atom. The molecule has 0 unspecified atom stereocenters. The van der Waals surface area contributed by atoms with Gasteiger partial charge >= 0.3 is 0 Å². The summed E-state index contributed by atoms with van der Waals surface area (Å²) in [5.41, 5.74) is 0.318. The fourth-order valence-corrected chi connectivity index (χ4v) is 3.78. The van der Waals surface area contributed by atoms with Crippen LogP contribution >= 0.6 is 12.2 Å². The molecule has 0 aromatic rings. The van der Waals surface area contributed by atoms with Crippen molar-refractivity contribution in [3.05, 3.63) is 0 Å². The monoisotopic (exact) mass is 283 g/mol. The van der Waals surface area contributed by atoms with Crippen LogP contribution in [0.3, 0.4) is 0 Å². The zero-order chi connectivity index (χ0) is 13.7. The number of hydrogen-bond acceptors (Lipinski definition) is 2. The fraction of sp³-hybridized carbons (Fsp3) is 0.933. The van der Waals surface area contributed by atoms with Crippen LogP contribution in [0, 0.1) is 0 Å². The summed E-state index contributed by atoms with van der Waals surface area (Å²) in [5, 5.41) is 7.83. The van der Waals surface area contributed by atoms with Gasteiger partial charge in [0.05, 0.1) is 0 Å². The highest BCUT2D eigenvalue weighted by molar-refractivity contribution is 7.80. The first kappa shape index (κ1) is 15.0. The minimum absolute atomic E-state index is 0.318. The maximum Gasteiger partial charge on any atom is 0.166 e. The van der Waals surface area contributed by atoms with Crippen molar-refractivity contribution in [1.82, 2.24) is 15.5 Å². The normalized spacial score (nSPS) is 23.5. The van der Waals surface area contributed by atoms with Crippen molar-refractivity contribution in [3.8, 4) is 0 Å². The summed E-state index contributed by atoms with van der Waals surface area (Å²) in [7, 11) is 4.40. The number of thiocarbonyl (C=S) groups is 1. The summed E-state index contributed by atoms with van der Waals surface area (Å²) in [6.45, 7) is 0.985. The SMILES string of the molecule is CN(C)C1(CNC(=S)NC2CCCCC2)CCCC1. The lowest BCUT2D eigenvalue weighted by Gasteiger charge is -2.37. The largest absolute Gasteiger partial charge is 0.361 e. The van der Waals surface area contributed by atoms with E-state index in [1.807, 2.05) is 0 Å². The Bertz CT molecular complexity index is 292. The third-order valence-electron chi connectivity index (χ3n) is 5.00. The Balaban J connectivity index is 1.75. The van der Waals surface area contributed by atoms with Crippen LogP contribution in [0.15, 0.2) is 0 Å². The molecule has 0 atom stereocenters. The maximum atomic E-state index is 5.46. The standard InChI is InChI=1S/C15H29N3S/c1-18(2)15(10-6-7-11-15)12-16-14(19)17-13-8-4-3-5-9-13/h13H,3-12H2,1-2H3,(H2,16,17,19). The molecule has 0 aromatic carbocycles. The smallest absolute Gasteiger partial charge is 0.166 e. The molecule has 0 bridgehead atoms. The van der Waals surface area contributed by atoms with E-state index in [9.17, 15) is 0 Å². The zero-order valence-electron chi connectivity index (χ0n) is 12.5. The van der Waals surface area contributed by atoms with Gasteiger partial charge in [0.15, 0.2) is 5.11 Å². The topological polar surface area (TPSA) is 27.3 Å². The molecule has 4 heteroatoms. The number of hydrogen-bond donors (Lipinski definition) is 2. The average molecular weight is 283 g/mol. The molecule has 110 valence electrons. The molecule has 3 nitrogen and oxygen atoms in total.